The summed E-state index contributed by atoms with van der Waals surface area (Å²) in [5, 5.41) is 3.51. The number of para-hydroxylation sites is 1. The molecule has 0 unspecified atom stereocenters. The SMILES string of the molecule is Cc1c(C(=O)C(=O)NCc2ccccc2)c2ccccc2n1C. The van der Waals surface area contributed by atoms with Gasteiger partial charge >= 0.3 is 0 Å². The third-order valence-electron chi connectivity index (χ3n) is 4.13. The van der Waals surface area contributed by atoms with Crippen LogP contribution in [-0.2, 0) is 18.4 Å². The molecule has 23 heavy (non-hydrogen) atoms. The summed E-state index contributed by atoms with van der Waals surface area (Å²) >= 11 is 0. The first kappa shape index (κ1) is 15.0. The Morgan fingerprint density at radius 2 is 1.65 bits per heavy atom. The lowest BCUT2D eigenvalue weighted by Crippen LogP contribution is -2.31. The fraction of sp³-hybridized carbons (Fsp3) is 0.158. The molecule has 3 rings (SSSR count). The number of nitrogens with zero attached hydrogens (tertiary/aromatic N) is 1. The lowest BCUT2D eigenvalue weighted by atomic mass is 10.1. The molecule has 0 spiro atoms. The fourth-order valence-corrected chi connectivity index (χ4v) is 2.78. The Labute approximate surface area is 134 Å². The van der Waals surface area contributed by atoms with Crippen molar-refractivity contribution in [3.63, 3.8) is 0 Å². The predicted molar refractivity (Wildman–Crippen MR) is 90.3 cm³/mol. The van der Waals surface area contributed by atoms with E-state index in [9.17, 15) is 9.59 Å². The summed E-state index contributed by atoms with van der Waals surface area (Å²) in [6.07, 6.45) is 0. The van der Waals surface area contributed by atoms with Crippen molar-refractivity contribution in [2.75, 3.05) is 0 Å². The molecule has 1 aromatic heterocycles. The maximum atomic E-state index is 12.6. The van der Waals surface area contributed by atoms with Crippen molar-refractivity contribution in [1.29, 1.82) is 0 Å². The topological polar surface area (TPSA) is 51.1 Å². The molecule has 1 heterocycles. The molecule has 0 atom stereocenters. The highest BCUT2D eigenvalue weighted by Gasteiger charge is 2.23. The number of carbonyl (C=O) groups excluding carboxylic acids is 2. The first-order valence-electron chi connectivity index (χ1n) is 7.50. The summed E-state index contributed by atoms with van der Waals surface area (Å²) in [6.45, 7) is 2.20. The van der Waals surface area contributed by atoms with Crippen molar-refractivity contribution in [3.8, 4) is 0 Å². The number of fused-ring (bicyclic) bond motifs is 1. The van der Waals surface area contributed by atoms with E-state index in [0.29, 0.717) is 12.1 Å². The normalized spacial score (nSPS) is 10.7. The number of benzene rings is 2. The first-order chi connectivity index (χ1) is 11.1. The molecular weight excluding hydrogens is 288 g/mol. The Bertz CT molecular complexity index is 879. The quantitative estimate of drug-likeness (QED) is 0.595. The summed E-state index contributed by atoms with van der Waals surface area (Å²) in [6, 6.07) is 17.2. The third kappa shape index (κ3) is 2.75. The molecule has 4 heteroatoms. The number of rotatable bonds is 4. The molecule has 0 aliphatic heterocycles. The molecule has 2 aromatic carbocycles. The van der Waals surface area contributed by atoms with Crippen LogP contribution in [-0.4, -0.2) is 16.3 Å². The van der Waals surface area contributed by atoms with Gasteiger partial charge in [-0.05, 0) is 18.6 Å². The van der Waals surface area contributed by atoms with Crippen LogP contribution in [0.5, 0.6) is 0 Å². The molecule has 0 fully saturated rings. The highest BCUT2D eigenvalue weighted by Crippen LogP contribution is 2.25. The molecular formula is C19H18N2O2. The van der Waals surface area contributed by atoms with E-state index in [2.05, 4.69) is 5.32 Å². The highest BCUT2D eigenvalue weighted by molar-refractivity contribution is 6.45. The zero-order valence-corrected chi connectivity index (χ0v) is 13.2. The van der Waals surface area contributed by atoms with Crippen LogP contribution in [0.2, 0.25) is 0 Å². The molecule has 4 nitrogen and oxygen atoms in total. The van der Waals surface area contributed by atoms with Crippen LogP contribution in [0.4, 0.5) is 0 Å². The van der Waals surface area contributed by atoms with Crippen molar-refractivity contribution in [2.24, 2.45) is 7.05 Å². The maximum absolute atomic E-state index is 12.6. The second kappa shape index (κ2) is 6.08. The maximum Gasteiger partial charge on any atom is 0.292 e. The van der Waals surface area contributed by atoms with Crippen molar-refractivity contribution < 1.29 is 9.59 Å². The lowest BCUT2D eigenvalue weighted by Gasteiger charge is -2.05. The van der Waals surface area contributed by atoms with E-state index in [1.54, 1.807) is 0 Å². The monoisotopic (exact) mass is 306 g/mol. The second-order valence-corrected chi connectivity index (χ2v) is 5.53. The summed E-state index contributed by atoms with van der Waals surface area (Å²) in [5.74, 6) is -1.07. The van der Waals surface area contributed by atoms with Gasteiger partial charge in [-0.1, -0.05) is 48.5 Å². The number of carbonyl (C=O) groups is 2. The minimum absolute atomic E-state index is 0.342. The minimum Gasteiger partial charge on any atom is -0.347 e. The van der Waals surface area contributed by atoms with Gasteiger partial charge in [0.1, 0.15) is 0 Å². The average molecular weight is 306 g/mol. The summed E-state index contributed by atoms with van der Waals surface area (Å²) in [7, 11) is 1.90. The molecule has 0 bridgehead atoms. The summed E-state index contributed by atoms with van der Waals surface area (Å²) in [4.78, 5) is 24.8. The molecule has 0 radical (unpaired) electrons. The highest BCUT2D eigenvalue weighted by atomic mass is 16.2. The fourth-order valence-electron chi connectivity index (χ4n) is 2.78. The standard InChI is InChI=1S/C19H18N2O2/c1-13-17(15-10-6-7-11-16(15)21(13)2)18(22)19(23)20-12-14-8-4-3-5-9-14/h3-11H,12H2,1-2H3,(H,20,23). The van der Waals surface area contributed by atoms with E-state index in [0.717, 1.165) is 22.2 Å². The second-order valence-electron chi connectivity index (χ2n) is 5.53. The van der Waals surface area contributed by atoms with E-state index in [1.807, 2.05) is 73.1 Å². The van der Waals surface area contributed by atoms with E-state index in [4.69, 9.17) is 0 Å². The molecule has 116 valence electrons. The molecule has 1 amide bonds. The molecule has 0 saturated heterocycles. The first-order valence-corrected chi connectivity index (χ1v) is 7.50. The molecule has 0 saturated carbocycles. The van der Waals surface area contributed by atoms with Crippen LogP contribution in [0.25, 0.3) is 10.9 Å². The van der Waals surface area contributed by atoms with Crippen LogP contribution < -0.4 is 5.32 Å². The number of aryl methyl sites for hydroxylation is 1. The zero-order chi connectivity index (χ0) is 16.4. The van der Waals surface area contributed by atoms with Gasteiger partial charge in [-0.3, -0.25) is 9.59 Å². The number of hydrogen-bond acceptors (Lipinski definition) is 2. The van der Waals surface area contributed by atoms with Crippen LogP contribution >= 0.6 is 0 Å². The van der Waals surface area contributed by atoms with Gasteiger partial charge in [0.05, 0.1) is 5.56 Å². The van der Waals surface area contributed by atoms with Crippen molar-refractivity contribution in [2.45, 2.75) is 13.5 Å². The Balaban J connectivity index is 1.86. The molecule has 1 N–H and O–H groups in total. The van der Waals surface area contributed by atoms with Crippen LogP contribution in [0.3, 0.4) is 0 Å². The number of ketones is 1. The van der Waals surface area contributed by atoms with Gasteiger partial charge in [-0.2, -0.15) is 0 Å². The Kier molecular flexibility index (Phi) is 3.98. The van der Waals surface area contributed by atoms with Gasteiger partial charge in [0.25, 0.3) is 11.7 Å². The minimum atomic E-state index is -0.576. The van der Waals surface area contributed by atoms with Crippen molar-refractivity contribution >= 4 is 22.6 Å². The number of amides is 1. The van der Waals surface area contributed by atoms with Gasteiger partial charge < -0.3 is 9.88 Å². The van der Waals surface area contributed by atoms with Crippen LogP contribution in [0, 0.1) is 6.92 Å². The van der Waals surface area contributed by atoms with Gasteiger partial charge in [-0.25, -0.2) is 0 Å². The number of Topliss-reactive ketones (excluding diaryl/α,β-unsaturated/α-hetero) is 1. The molecule has 3 aromatic rings. The molecule has 0 aliphatic carbocycles. The average Bonchev–Trinajstić information content (AvgIpc) is 2.84. The van der Waals surface area contributed by atoms with Crippen molar-refractivity contribution in [1.82, 2.24) is 9.88 Å². The Morgan fingerprint density at radius 3 is 2.39 bits per heavy atom. The third-order valence-corrected chi connectivity index (χ3v) is 4.13. The largest absolute Gasteiger partial charge is 0.347 e. The summed E-state index contributed by atoms with van der Waals surface area (Å²) in [5.41, 5.74) is 3.19. The van der Waals surface area contributed by atoms with Gasteiger partial charge in [0, 0.05) is 30.2 Å². The van der Waals surface area contributed by atoms with Gasteiger partial charge in [0.15, 0.2) is 0 Å². The zero-order valence-electron chi connectivity index (χ0n) is 13.2. The van der Waals surface area contributed by atoms with E-state index in [-0.39, 0.29) is 0 Å². The molecule has 0 aliphatic rings. The predicted octanol–water partition coefficient (Wildman–Crippen LogP) is 2.99. The van der Waals surface area contributed by atoms with Gasteiger partial charge in [-0.15, -0.1) is 0 Å². The Morgan fingerprint density at radius 1 is 1.00 bits per heavy atom. The van der Waals surface area contributed by atoms with Gasteiger partial charge in [0.2, 0.25) is 0 Å². The smallest absolute Gasteiger partial charge is 0.292 e. The Hall–Kier alpha value is -2.88. The number of hydrogen-bond donors (Lipinski definition) is 1. The van der Waals surface area contributed by atoms with E-state index >= 15 is 0 Å². The van der Waals surface area contributed by atoms with Crippen molar-refractivity contribution in [3.05, 3.63) is 71.4 Å². The summed E-state index contributed by atoms with van der Waals surface area (Å²) < 4.78 is 1.94. The van der Waals surface area contributed by atoms with Crippen LogP contribution in [0.15, 0.2) is 54.6 Å². The lowest BCUT2D eigenvalue weighted by molar-refractivity contribution is -0.117. The number of nitrogens with one attached hydrogen (secondary N) is 1. The van der Waals surface area contributed by atoms with E-state index < -0.39 is 11.7 Å². The van der Waals surface area contributed by atoms with E-state index in [1.165, 1.54) is 0 Å². The van der Waals surface area contributed by atoms with Crippen LogP contribution in [0.1, 0.15) is 21.6 Å². The number of aromatic nitrogens is 1.